The summed E-state index contributed by atoms with van der Waals surface area (Å²) in [5, 5.41) is 13.8. The second-order valence-electron chi connectivity index (χ2n) is 5.54. The van der Waals surface area contributed by atoms with E-state index in [-0.39, 0.29) is 11.3 Å². The lowest BCUT2D eigenvalue weighted by atomic mass is 10.1. The van der Waals surface area contributed by atoms with Gasteiger partial charge in [0.05, 0.1) is 17.6 Å². The van der Waals surface area contributed by atoms with Crippen molar-refractivity contribution in [1.29, 1.82) is 0 Å². The molecule has 2 aromatic rings. The van der Waals surface area contributed by atoms with E-state index in [1.807, 2.05) is 0 Å². The molecule has 0 aliphatic rings. The van der Waals surface area contributed by atoms with E-state index < -0.39 is 40.7 Å². The number of halogens is 4. The number of nitro groups is 1. The number of alkyl halides is 3. The lowest BCUT2D eigenvalue weighted by Crippen LogP contribution is -2.13. The van der Waals surface area contributed by atoms with Crippen LogP contribution in [-0.2, 0) is 22.3 Å². The number of methoxy groups -OCH3 is 1. The Balaban J connectivity index is 2.29. The average Bonchev–Trinajstić information content (AvgIpc) is 2.64. The molecule has 28 heavy (non-hydrogen) atoms. The molecule has 0 spiro atoms. The molecule has 10 heteroatoms. The first-order valence-electron chi connectivity index (χ1n) is 7.76. The summed E-state index contributed by atoms with van der Waals surface area (Å²) in [5.41, 5.74) is -1.54. The summed E-state index contributed by atoms with van der Waals surface area (Å²) in [6, 6.07) is 6.09. The molecule has 148 valence electrons. The highest BCUT2D eigenvalue weighted by Crippen LogP contribution is 2.33. The zero-order valence-corrected chi connectivity index (χ0v) is 14.4. The Morgan fingerprint density at radius 2 is 1.96 bits per heavy atom. The number of carbonyl (C=O) groups excluding carboxylic acids is 1. The Kier molecular flexibility index (Phi) is 6.34. The molecule has 2 rings (SSSR count). The van der Waals surface area contributed by atoms with Crippen LogP contribution in [0.15, 0.2) is 42.5 Å². The van der Waals surface area contributed by atoms with Crippen LogP contribution >= 0.6 is 0 Å². The number of rotatable bonds is 6. The van der Waals surface area contributed by atoms with Gasteiger partial charge in [-0.3, -0.25) is 10.1 Å². The van der Waals surface area contributed by atoms with Gasteiger partial charge in [0.25, 0.3) is 5.69 Å². The highest BCUT2D eigenvalue weighted by Gasteiger charge is 2.33. The van der Waals surface area contributed by atoms with E-state index in [1.165, 1.54) is 25.3 Å². The lowest BCUT2D eigenvalue weighted by molar-refractivity contribution is -0.384. The maximum absolute atomic E-state index is 13.2. The van der Waals surface area contributed by atoms with Gasteiger partial charge < -0.3 is 10.1 Å². The summed E-state index contributed by atoms with van der Waals surface area (Å²) in [7, 11) is 1.17. The van der Waals surface area contributed by atoms with Gasteiger partial charge in [-0.25, -0.2) is 9.18 Å². The molecule has 0 saturated heterocycles. The number of carbonyl (C=O) groups is 1. The lowest BCUT2D eigenvalue weighted by Gasteiger charge is -2.14. The first-order valence-corrected chi connectivity index (χ1v) is 7.76. The van der Waals surface area contributed by atoms with E-state index in [2.05, 4.69) is 10.1 Å². The molecule has 0 aliphatic heterocycles. The Labute approximate surface area is 156 Å². The van der Waals surface area contributed by atoms with Crippen molar-refractivity contribution in [2.24, 2.45) is 0 Å². The fourth-order valence-electron chi connectivity index (χ4n) is 2.34. The topological polar surface area (TPSA) is 81.5 Å². The van der Waals surface area contributed by atoms with E-state index in [4.69, 9.17) is 0 Å². The van der Waals surface area contributed by atoms with E-state index >= 15 is 0 Å². The SMILES string of the molecule is COC(=O)/C=C/c1ccc(NCc2ccc(F)cc2C(F)(F)F)c([N+](=O)[O-])c1. The molecule has 0 radical (unpaired) electrons. The van der Waals surface area contributed by atoms with Crippen molar-refractivity contribution in [3.05, 3.63) is 75.1 Å². The van der Waals surface area contributed by atoms with Crippen molar-refractivity contribution in [2.45, 2.75) is 12.7 Å². The van der Waals surface area contributed by atoms with Crippen LogP contribution in [0.25, 0.3) is 6.08 Å². The fourth-order valence-corrected chi connectivity index (χ4v) is 2.34. The minimum absolute atomic E-state index is 0.0299. The highest BCUT2D eigenvalue weighted by molar-refractivity contribution is 5.87. The average molecular weight is 398 g/mol. The molecule has 0 aromatic heterocycles. The van der Waals surface area contributed by atoms with E-state index in [9.17, 15) is 32.5 Å². The number of nitrogens with one attached hydrogen (secondary N) is 1. The molecule has 0 saturated carbocycles. The van der Waals surface area contributed by atoms with Crippen molar-refractivity contribution in [3.8, 4) is 0 Å². The zero-order valence-electron chi connectivity index (χ0n) is 14.4. The standard InChI is InChI=1S/C18H14F4N2O4/c1-28-17(25)7-3-11-2-6-15(16(8-11)24(26)27)23-10-12-4-5-13(19)9-14(12)18(20,21)22/h2-9,23H,10H2,1H3/b7-3+. The zero-order chi connectivity index (χ0) is 20.9. The van der Waals surface area contributed by atoms with Gasteiger partial charge in [0.1, 0.15) is 11.5 Å². The van der Waals surface area contributed by atoms with E-state index in [0.717, 1.165) is 24.3 Å². The molecule has 0 unspecified atom stereocenters. The molecule has 0 atom stereocenters. The monoisotopic (exact) mass is 398 g/mol. The summed E-state index contributed by atoms with van der Waals surface area (Å²) in [5.74, 6) is -1.69. The predicted octanol–water partition coefficient (Wildman–Crippen LogP) is 4.55. The third-order valence-electron chi connectivity index (χ3n) is 3.68. The molecule has 0 amide bonds. The first-order chi connectivity index (χ1) is 13.1. The maximum atomic E-state index is 13.2. The fraction of sp³-hybridized carbons (Fsp3) is 0.167. The second-order valence-corrected chi connectivity index (χ2v) is 5.54. The number of nitrogens with zero attached hydrogens (tertiary/aromatic N) is 1. The van der Waals surface area contributed by atoms with Crippen LogP contribution in [0.4, 0.5) is 28.9 Å². The van der Waals surface area contributed by atoms with Crippen molar-refractivity contribution < 1.29 is 32.0 Å². The second kappa shape index (κ2) is 8.51. The normalized spacial score (nSPS) is 11.5. The predicted molar refractivity (Wildman–Crippen MR) is 92.9 cm³/mol. The number of hydrogen-bond acceptors (Lipinski definition) is 5. The third kappa shape index (κ3) is 5.29. The highest BCUT2D eigenvalue weighted by atomic mass is 19.4. The van der Waals surface area contributed by atoms with Crippen LogP contribution in [0.1, 0.15) is 16.7 Å². The smallest absolute Gasteiger partial charge is 0.416 e. The maximum Gasteiger partial charge on any atom is 0.416 e. The summed E-state index contributed by atoms with van der Waals surface area (Å²) in [6.45, 7) is -0.409. The minimum Gasteiger partial charge on any atom is -0.466 e. The molecule has 1 N–H and O–H groups in total. The van der Waals surface area contributed by atoms with E-state index in [0.29, 0.717) is 11.6 Å². The Morgan fingerprint density at radius 3 is 2.57 bits per heavy atom. The Hall–Kier alpha value is -3.43. The van der Waals surface area contributed by atoms with Gasteiger partial charge in [0, 0.05) is 18.7 Å². The van der Waals surface area contributed by atoms with Gasteiger partial charge in [-0.2, -0.15) is 13.2 Å². The van der Waals surface area contributed by atoms with Gasteiger partial charge in [0.2, 0.25) is 0 Å². The summed E-state index contributed by atoms with van der Waals surface area (Å²) in [6.07, 6.45) is -2.40. The molecular weight excluding hydrogens is 384 g/mol. The van der Waals surface area contributed by atoms with Crippen molar-refractivity contribution >= 4 is 23.4 Å². The van der Waals surface area contributed by atoms with E-state index in [1.54, 1.807) is 0 Å². The third-order valence-corrected chi connectivity index (χ3v) is 3.68. The quantitative estimate of drug-likeness (QED) is 0.254. The molecule has 0 aliphatic carbocycles. The molecule has 0 heterocycles. The van der Waals surface area contributed by atoms with Crippen molar-refractivity contribution in [2.75, 3.05) is 12.4 Å². The molecule has 6 nitrogen and oxygen atoms in total. The number of hydrogen-bond donors (Lipinski definition) is 1. The van der Waals surface area contributed by atoms with Crippen LogP contribution in [0.2, 0.25) is 0 Å². The molecule has 0 bridgehead atoms. The number of nitro benzene ring substituents is 1. The largest absolute Gasteiger partial charge is 0.466 e. The van der Waals surface area contributed by atoms with Gasteiger partial charge >= 0.3 is 12.1 Å². The number of esters is 1. The Morgan fingerprint density at radius 1 is 1.25 bits per heavy atom. The first kappa shape index (κ1) is 20.9. The van der Waals surface area contributed by atoms with Gasteiger partial charge in [-0.1, -0.05) is 12.1 Å². The molecule has 0 fully saturated rings. The van der Waals surface area contributed by atoms with Gasteiger partial charge in [0.15, 0.2) is 0 Å². The summed E-state index contributed by atoms with van der Waals surface area (Å²) < 4.78 is 56.7. The number of anilines is 1. The van der Waals surface area contributed by atoms with Crippen LogP contribution < -0.4 is 5.32 Å². The minimum atomic E-state index is -4.77. The van der Waals surface area contributed by atoms with Gasteiger partial charge in [-0.05, 0) is 35.4 Å². The number of ether oxygens (including phenoxy) is 1. The summed E-state index contributed by atoms with van der Waals surface area (Å²) >= 11 is 0. The van der Waals surface area contributed by atoms with Crippen LogP contribution in [0.3, 0.4) is 0 Å². The van der Waals surface area contributed by atoms with Gasteiger partial charge in [-0.15, -0.1) is 0 Å². The summed E-state index contributed by atoms with van der Waals surface area (Å²) in [4.78, 5) is 21.6. The van der Waals surface area contributed by atoms with Crippen LogP contribution in [0.5, 0.6) is 0 Å². The van der Waals surface area contributed by atoms with Crippen LogP contribution in [-0.4, -0.2) is 18.0 Å². The van der Waals surface area contributed by atoms with Crippen molar-refractivity contribution in [3.63, 3.8) is 0 Å². The molecular formula is C18H14F4N2O4. The molecule has 2 aromatic carbocycles. The van der Waals surface area contributed by atoms with Crippen LogP contribution in [0, 0.1) is 15.9 Å². The Bertz CT molecular complexity index is 926. The van der Waals surface area contributed by atoms with Crippen molar-refractivity contribution in [1.82, 2.24) is 0 Å². The number of benzene rings is 2.